The molecule has 243 valence electrons. The number of aryl methyl sites for hydroxylation is 3. The maximum absolute atomic E-state index is 8.79. The largest absolute Gasteiger partial charge is 0.366 e. The summed E-state index contributed by atoms with van der Waals surface area (Å²) in [5.41, 5.74) is 5.63. The first-order valence-corrected chi connectivity index (χ1v) is 19.6. The van der Waals surface area contributed by atoms with Crippen LogP contribution in [-0.2, 0) is 33.5 Å². The zero-order chi connectivity index (χ0) is 37.1. The fraction of sp³-hybridized carbons (Fsp3) is 0.282. The van der Waals surface area contributed by atoms with Crippen LogP contribution in [0.25, 0.3) is 54.0 Å². The predicted molar refractivity (Wildman–Crippen MR) is 198 cm³/mol. The summed E-state index contributed by atoms with van der Waals surface area (Å²) in [4.78, 5) is 19.3. The molecule has 0 atom stereocenters. The summed E-state index contributed by atoms with van der Waals surface area (Å²) in [5, 5.41) is 3.41. The quantitative estimate of drug-likeness (QED) is 0.131. The molecule has 0 aliphatic heterocycles. The number of benzene rings is 2. The molecule has 0 saturated carbocycles. The molecule has 2 aromatic carbocycles. The first-order valence-electron chi connectivity index (χ1n) is 17.8. The Bertz CT molecular complexity index is 2390. The number of aromatic nitrogens is 5. The van der Waals surface area contributed by atoms with Gasteiger partial charge in [-0.15, -0.1) is 53.6 Å². The van der Waals surface area contributed by atoms with Gasteiger partial charge >= 0.3 is 0 Å². The van der Waals surface area contributed by atoms with Crippen LogP contribution < -0.4 is 5.19 Å². The van der Waals surface area contributed by atoms with E-state index in [0.29, 0.717) is 16.8 Å². The first-order chi connectivity index (χ1) is 23.8. The Morgan fingerprint density at radius 1 is 1.00 bits per heavy atom. The number of imidazole rings is 1. The van der Waals surface area contributed by atoms with Crippen LogP contribution in [0.15, 0.2) is 73.2 Å². The summed E-state index contributed by atoms with van der Waals surface area (Å²) in [6.07, 6.45) is 3.89. The normalized spacial score (nSPS) is 14.0. The van der Waals surface area contributed by atoms with E-state index in [1.54, 1.807) is 35.9 Å². The molecule has 47 heavy (non-hydrogen) atoms. The second-order valence-corrected chi connectivity index (χ2v) is 19.6. The van der Waals surface area contributed by atoms with Gasteiger partial charge in [-0.2, -0.15) is 11.3 Å². The second kappa shape index (κ2) is 13.5. The van der Waals surface area contributed by atoms with Crippen molar-refractivity contribution in [2.75, 3.05) is 0 Å². The molecular weight excluding hydrogens is 791 g/mol. The van der Waals surface area contributed by atoms with Gasteiger partial charge in [-0.3, -0.25) is 9.97 Å². The number of fused-ring (bicyclic) bond motifs is 4. The molecule has 0 saturated heterocycles. The van der Waals surface area contributed by atoms with E-state index < -0.39 is 26.7 Å². The molecule has 0 fully saturated rings. The average Bonchev–Trinajstić information content (AvgIpc) is 3.60. The number of rotatable bonds is 4. The van der Waals surface area contributed by atoms with Crippen molar-refractivity contribution in [1.29, 1.82) is 0 Å². The summed E-state index contributed by atoms with van der Waals surface area (Å²) in [7, 11) is 0.211. The maximum atomic E-state index is 8.79. The van der Waals surface area contributed by atoms with Crippen LogP contribution in [0.5, 0.6) is 0 Å². The number of pyridine rings is 3. The SMILES string of the molecule is Cc1ccc2c(n1)sc1c(-c3nc4ccncc4n3C)[c-]ccc12.[2H]C([2H])([2H])c1c[c-]c(-c2cc(C([2H])([2H])C(C)(C)C)c([Si](C)(C)C)cn2)cc1.[Ir]. The monoisotopic (exact) mass is 837 g/mol. The smallest absolute Gasteiger partial charge is 0.113 e. The van der Waals surface area contributed by atoms with Crippen LogP contribution >= 0.6 is 11.3 Å². The molecule has 7 aromatic rings. The van der Waals surface area contributed by atoms with E-state index in [1.165, 1.54) is 21.5 Å². The molecule has 5 heterocycles. The molecule has 7 rings (SSSR count). The molecular formula is C39H41IrN5SSi-2. The van der Waals surface area contributed by atoms with Gasteiger partial charge in [-0.05, 0) is 51.8 Å². The molecule has 0 aliphatic carbocycles. The minimum atomic E-state index is -2.17. The Balaban J connectivity index is 0.000000198. The number of hydrogen-bond acceptors (Lipinski definition) is 5. The van der Waals surface area contributed by atoms with E-state index in [2.05, 4.69) is 69.5 Å². The van der Waals surface area contributed by atoms with Crippen LogP contribution in [0.4, 0.5) is 0 Å². The van der Waals surface area contributed by atoms with E-state index in [-0.39, 0.29) is 25.7 Å². The van der Waals surface area contributed by atoms with Gasteiger partial charge in [0.25, 0.3) is 0 Å². The third kappa shape index (κ3) is 7.46. The van der Waals surface area contributed by atoms with Crippen molar-refractivity contribution in [3.63, 3.8) is 0 Å². The first kappa shape index (κ1) is 28.5. The van der Waals surface area contributed by atoms with Gasteiger partial charge in [0.2, 0.25) is 0 Å². The summed E-state index contributed by atoms with van der Waals surface area (Å²) in [5.74, 6) is 0.909. The van der Waals surface area contributed by atoms with Crippen molar-refractivity contribution in [2.45, 2.75) is 60.6 Å². The fourth-order valence-corrected chi connectivity index (χ4v) is 8.04. The third-order valence-corrected chi connectivity index (χ3v) is 10.8. The predicted octanol–water partition coefficient (Wildman–Crippen LogP) is 9.50. The maximum Gasteiger partial charge on any atom is 0.113 e. The molecule has 0 N–H and O–H groups in total. The molecule has 0 spiro atoms. The second-order valence-electron chi connectivity index (χ2n) is 13.6. The average molecular weight is 837 g/mol. The van der Waals surface area contributed by atoms with E-state index in [0.717, 1.165) is 38.1 Å². The minimum Gasteiger partial charge on any atom is -0.366 e. The van der Waals surface area contributed by atoms with Crippen molar-refractivity contribution in [1.82, 2.24) is 24.5 Å². The van der Waals surface area contributed by atoms with Gasteiger partial charge in [0.1, 0.15) is 4.83 Å². The molecule has 1 radical (unpaired) electrons. The van der Waals surface area contributed by atoms with Crippen LogP contribution in [0.1, 0.15) is 44.4 Å². The van der Waals surface area contributed by atoms with E-state index >= 15 is 0 Å². The Labute approximate surface area is 303 Å². The zero-order valence-electron chi connectivity index (χ0n) is 32.9. The van der Waals surface area contributed by atoms with Gasteiger partial charge in [0.15, 0.2) is 0 Å². The third-order valence-electron chi connectivity index (χ3n) is 7.65. The standard InChI is InChI=1S/C20H28NSi.C19H13N4S.Ir/c1-15-8-10-16(11-9-15)18-12-17(13-20(2,3)4)19(14-21-18)22(5,6)7;1-11-6-7-13-12-4-3-5-14(17(12)24-19(13)21-11)18-22-15-8-9-20-10-16(15)23(18)2;/h8-10,12,14H,13H2,1-7H3;3-4,6-10H,1-2H3;/q2*-1;/i1D3,13D2;;. The molecule has 0 amide bonds. The van der Waals surface area contributed by atoms with Gasteiger partial charge in [-0.1, -0.05) is 75.9 Å². The zero-order valence-corrected chi connectivity index (χ0v) is 32.1. The van der Waals surface area contributed by atoms with Gasteiger partial charge in [-0.25, -0.2) is 4.98 Å². The van der Waals surface area contributed by atoms with E-state index in [9.17, 15) is 0 Å². The summed E-state index contributed by atoms with van der Waals surface area (Å²) >= 11 is 1.70. The minimum absolute atomic E-state index is 0. The molecule has 8 heteroatoms. The summed E-state index contributed by atoms with van der Waals surface area (Å²) in [6.45, 7) is 12.1. The van der Waals surface area contributed by atoms with Crippen molar-refractivity contribution < 1.29 is 27.0 Å². The molecule has 0 aliphatic rings. The Morgan fingerprint density at radius 3 is 2.49 bits per heavy atom. The van der Waals surface area contributed by atoms with Crippen molar-refractivity contribution in [2.24, 2.45) is 12.5 Å². The molecule has 5 aromatic heterocycles. The van der Waals surface area contributed by atoms with Crippen molar-refractivity contribution in [3.8, 4) is 22.6 Å². The molecule has 5 nitrogen and oxygen atoms in total. The van der Waals surface area contributed by atoms with Gasteiger partial charge < -0.3 is 9.55 Å². The Kier molecular flexibility index (Phi) is 8.18. The topological polar surface area (TPSA) is 56.5 Å². The van der Waals surface area contributed by atoms with Crippen LogP contribution in [0.3, 0.4) is 0 Å². The van der Waals surface area contributed by atoms with Gasteiger partial charge in [0, 0.05) is 52.1 Å². The number of nitrogens with zero attached hydrogens (tertiary/aromatic N) is 5. The van der Waals surface area contributed by atoms with Crippen molar-refractivity contribution in [3.05, 3.63) is 102 Å². The fourth-order valence-electron chi connectivity index (χ4n) is 5.43. The van der Waals surface area contributed by atoms with Crippen LogP contribution in [0.2, 0.25) is 19.6 Å². The van der Waals surface area contributed by atoms with Crippen LogP contribution in [-0.4, -0.2) is 32.6 Å². The number of thiophene rings is 1. The Morgan fingerprint density at radius 2 is 1.81 bits per heavy atom. The van der Waals surface area contributed by atoms with E-state index in [1.807, 2.05) is 59.1 Å². The van der Waals surface area contributed by atoms with Crippen LogP contribution in [0, 0.1) is 31.3 Å². The Hall–Kier alpha value is -3.55. The van der Waals surface area contributed by atoms with Crippen molar-refractivity contribution >= 4 is 55.9 Å². The van der Waals surface area contributed by atoms with E-state index in [4.69, 9.17) is 11.8 Å². The summed E-state index contributed by atoms with van der Waals surface area (Å²) < 4.78 is 43.3. The summed E-state index contributed by atoms with van der Waals surface area (Å²) in [6, 6.07) is 23.2. The van der Waals surface area contributed by atoms with Gasteiger partial charge in [0.05, 0.1) is 31.1 Å². The molecule has 0 unspecified atom stereocenters. The number of hydrogen-bond donors (Lipinski definition) is 0. The molecule has 0 bridgehead atoms.